The van der Waals surface area contributed by atoms with Crippen LogP contribution in [0, 0.1) is 20.8 Å². The van der Waals surface area contributed by atoms with Crippen LogP contribution in [0.4, 0.5) is 0 Å². The highest BCUT2D eigenvalue weighted by atomic mass is 16.5. The summed E-state index contributed by atoms with van der Waals surface area (Å²) < 4.78 is 5.06. The lowest BCUT2D eigenvalue weighted by atomic mass is 9.85. The number of hydrogen-bond donors (Lipinski definition) is 1. The SMILES string of the molecule is Cc1ccc(C(=O)N2NC(=O)CC23CCCN(Cc2noc(C)n2)C3)c(C)c1. The number of rotatable bonds is 3. The highest BCUT2D eigenvalue weighted by molar-refractivity contribution is 5.99. The predicted molar refractivity (Wildman–Crippen MR) is 101 cm³/mol. The molecule has 8 nitrogen and oxygen atoms in total. The summed E-state index contributed by atoms with van der Waals surface area (Å²) in [5.41, 5.74) is 4.90. The van der Waals surface area contributed by atoms with Gasteiger partial charge in [-0.05, 0) is 44.9 Å². The van der Waals surface area contributed by atoms with Crippen molar-refractivity contribution in [3.8, 4) is 0 Å². The second-order valence-corrected chi connectivity index (χ2v) is 7.94. The molecule has 148 valence electrons. The molecule has 1 aromatic heterocycles. The normalized spacial score (nSPS) is 22.7. The molecule has 1 spiro atoms. The zero-order valence-corrected chi connectivity index (χ0v) is 16.5. The summed E-state index contributed by atoms with van der Waals surface area (Å²) in [6.45, 7) is 7.69. The molecule has 2 saturated heterocycles. The number of aryl methyl sites for hydroxylation is 3. The summed E-state index contributed by atoms with van der Waals surface area (Å²) in [5.74, 6) is 0.890. The van der Waals surface area contributed by atoms with Gasteiger partial charge in [-0.3, -0.25) is 19.9 Å². The quantitative estimate of drug-likeness (QED) is 0.871. The Balaban J connectivity index is 1.58. The highest BCUT2D eigenvalue weighted by Crippen LogP contribution is 2.35. The Morgan fingerprint density at radius 2 is 2.14 bits per heavy atom. The van der Waals surface area contributed by atoms with Crippen molar-refractivity contribution in [2.75, 3.05) is 13.1 Å². The molecule has 0 radical (unpaired) electrons. The fourth-order valence-electron chi connectivity index (χ4n) is 4.37. The van der Waals surface area contributed by atoms with Crippen LogP contribution in [0.15, 0.2) is 22.7 Å². The van der Waals surface area contributed by atoms with Crippen LogP contribution >= 0.6 is 0 Å². The van der Waals surface area contributed by atoms with E-state index in [-0.39, 0.29) is 11.8 Å². The second-order valence-electron chi connectivity index (χ2n) is 7.94. The summed E-state index contributed by atoms with van der Waals surface area (Å²) in [5, 5.41) is 5.54. The number of hydrazine groups is 1. The number of carbonyl (C=O) groups is 2. The van der Waals surface area contributed by atoms with Crippen LogP contribution in [0.5, 0.6) is 0 Å². The Morgan fingerprint density at radius 3 is 2.86 bits per heavy atom. The van der Waals surface area contributed by atoms with Crippen molar-refractivity contribution < 1.29 is 14.1 Å². The zero-order valence-electron chi connectivity index (χ0n) is 16.5. The number of nitrogens with zero attached hydrogens (tertiary/aromatic N) is 4. The number of piperidine rings is 1. The number of aromatic nitrogens is 2. The third-order valence-corrected chi connectivity index (χ3v) is 5.58. The molecule has 1 unspecified atom stereocenters. The molecule has 4 rings (SSSR count). The van der Waals surface area contributed by atoms with Crippen molar-refractivity contribution in [2.45, 2.75) is 52.1 Å². The molecule has 3 heterocycles. The molecule has 2 amide bonds. The molecule has 0 bridgehead atoms. The van der Waals surface area contributed by atoms with E-state index in [1.165, 1.54) is 0 Å². The molecule has 0 aliphatic carbocycles. The average molecular weight is 383 g/mol. The third kappa shape index (κ3) is 3.40. The van der Waals surface area contributed by atoms with Crippen LogP contribution in [0.2, 0.25) is 0 Å². The number of carbonyl (C=O) groups excluding carboxylic acids is 2. The topological polar surface area (TPSA) is 91.6 Å². The Labute approximate surface area is 163 Å². The minimum absolute atomic E-state index is 0.115. The molecule has 2 fully saturated rings. The fourth-order valence-corrected chi connectivity index (χ4v) is 4.37. The minimum Gasteiger partial charge on any atom is -0.340 e. The van der Waals surface area contributed by atoms with Gasteiger partial charge in [-0.15, -0.1) is 0 Å². The minimum atomic E-state index is -0.553. The summed E-state index contributed by atoms with van der Waals surface area (Å²) in [6.07, 6.45) is 1.98. The molecule has 28 heavy (non-hydrogen) atoms. The standard InChI is InChI=1S/C20H25N5O3/c1-13-5-6-16(14(2)9-13)19(27)25-20(10-18(26)22-25)7-4-8-24(12-20)11-17-21-15(3)28-23-17/h5-6,9H,4,7-8,10-12H2,1-3H3,(H,22,26). The number of hydrogen-bond acceptors (Lipinski definition) is 6. The van der Waals surface area contributed by atoms with Crippen LogP contribution in [0.1, 0.15) is 52.5 Å². The monoisotopic (exact) mass is 383 g/mol. The van der Waals surface area contributed by atoms with Crippen LogP contribution < -0.4 is 5.43 Å². The van der Waals surface area contributed by atoms with E-state index in [0.29, 0.717) is 36.8 Å². The van der Waals surface area contributed by atoms with E-state index >= 15 is 0 Å². The van der Waals surface area contributed by atoms with Crippen molar-refractivity contribution in [3.05, 3.63) is 46.6 Å². The van der Waals surface area contributed by atoms with Crippen molar-refractivity contribution in [1.29, 1.82) is 0 Å². The predicted octanol–water partition coefficient (Wildman–Crippen LogP) is 1.91. The van der Waals surface area contributed by atoms with Gasteiger partial charge in [-0.2, -0.15) is 4.98 Å². The van der Waals surface area contributed by atoms with E-state index in [1.807, 2.05) is 32.0 Å². The maximum absolute atomic E-state index is 13.3. The van der Waals surface area contributed by atoms with Gasteiger partial charge in [-0.25, -0.2) is 5.01 Å². The van der Waals surface area contributed by atoms with Crippen LogP contribution in [-0.4, -0.2) is 50.5 Å². The van der Waals surface area contributed by atoms with Crippen LogP contribution in [0.25, 0.3) is 0 Å². The molecule has 2 aliphatic heterocycles. The van der Waals surface area contributed by atoms with E-state index in [4.69, 9.17) is 4.52 Å². The van der Waals surface area contributed by atoms with Crippen LogP contribution in [-0.2, 0) is 11.3 Å². The molecule has 1 N–H and O–H groups in total. The van der Waals surface area contributed by atoms with Crippen molar-refractivity contribution in [2.24, 2.45) is 0 Å². The molecule has 1 aromatic carbocycles. The average Bonchev–Trinajstić information content (AvgIpc) is 3.17. The van der Waals surface area contributed by atoms with Gasteiger partial charge in [-0.1, -0.05) is 22.9 Å². The van der Waals surface area contributed by atoms with E-state index in [1.54, 1.807) is 11.9 Å². The molecule has 8 heteroatoms. The Morgan fingerprint density at radius 1 is 1.32 bits per heavy atom. The third-order valence-electron chi connectivity index (χ3n) is 5.58. The Bertz CT molecular complexity index is 924. The van der Waals surface area contributed by atoms with Crippen molar-refractivity contribution in [3.63, 3.8) is 0 Å². The Hall–Kier alpha value is -2.74. The lowest BCUT2D eigenvalue weighted by Gasteiger charge is -2.44. The van der Waals surface area contributed by atoms with E-state index in [0.717, 1.165) is 30.5 Å². The second kappa shape index (κ2) is 7.01. The van der Waals surface area contributed by atoms with E-state index < -0.39 is 5.54 Å². The smallest absolute Gasteiger partial charge is 0.273 e. The molecule has 2 aliphatic rings. The first kappa shape index (κ1) is 18.6. The molecule has 2 aromatic rings. The van der Waals surface area contributed by atoms with Gasteiger partial charge in [0.2, 0.25) is 11.8 Å². The largest absolute Gasteiger partial charge is 0.340 e. The lowest BCUT2D eigenvalue weighted by molar-refractivity contribution is -0.120. The van der Waals surface area contributed by atoms with Gasteiger partial charge in [0.15, 0.2) is 5.82 Å². The number of nitrogens with one attached hydrogen (secondary N) is 1. The number of likely N-dealkylation sites (tertiary alicyclic amines) is 1. The van der Waals surface area contributed by atoms with Gasteiger partial charge in [0.05, 0.1) is 18.5 Å². The summed E-state index contributed by atoms with van der Waals surface area (Å²) >= 11 is 0. The Kier molecular flexibility index (Phi) is 4.66. The van der Waals surface area contributed by atoms with Crippen molar-refractivity contribution >= 4 is 11.8 Å². The van der Waals surface area contributed by atoms with Crippen molar-refractivity contribution in [1.82, 2.24) is 25.5 Å². The fraction of sp³-hybridized carbons (Fsp3) is 0.500. The first-order chi connectivity index (χ1) is 13.4. The number of benzene rings is 1. The van der Waals surface area contributed by atoms with Gasteiger partial charge < -0.3 is 4.52 Å². The van der Waals surface area contributed by atoms with E-state index in [2.05, 4.69) is 20.5 Å². The summed E-state index contributed by atoms with van der Waals surface area (Å²) in [4.78, 5) is 32.1. The zero-order chi connectivity index (χ0) is 19.9. The van der Waals surface area contributed by atoms with Crippen LogP contribution in [0.3, 0.4) is 0 Å². The first-order valence-electron chi connectivity index (χ1n) is 9.59. The van der Waals surface area contributed by atoms with Gasteiger partial charge >= 0.3 is 0 Å². The molecule has 1 atom stereocenters. The van der Waals surface area contributed by atoms with Gasteiger partial charge in [0, 0.05) is 19.0 Å². The first-order valence-corrected chi connectivity index (χ1v) is 9.59. The van der Waals surface area contributed by atoms with E-state index in [9.17, 15) is 9.59 Å². The maximum atomic E-state index is 13.3. The molecule has 0 saturated carbocycles. The van der Waals surface area contributed by atoms with Gasteiger partial charge in [0.25, 0.3) is 5.91 Å². The lowest BCUT2D eigenvalue weighted by Crippen LogP contribution is -2.59. The number of amides is 2. The summed E-state index contributed by atoms with van der Waals surface area (Å²) in [7, 11) is 0. The summed E-state index contributed by atoms with van der Waals surface area (Å²) in [6, 6.07) is 5.76. The molecular weight excluding hydrogens is 358 g/mol. The highest BCUT2D eigenvalue weighted by Gasteiger charge is 2.50. The van der Waals surface area contributed by atoms with Gasteiger partial charge in [0.1, 0.15) is 0 Å². The molecular formula is C20H25N5O3. The maximum Gasteiger partial charge on any atom is 0.273 e.